The van der Waals surface area contributed by atoms with E-state index in [1.54, 1.807) is 7.11 Å². The molecule has 104 valence electrons. The highest BCUT2D eigenvalue weighted by Crippen LogP contribution is 2.40. The molecule has 1 aromatic heterocycles. The summed E-state index contributed by atoms with van der Waals surface area (Å²) in [5.41, 5.74) is 1.73. The Morgan fingerprint density at radius 1 is 1.25 bits per heavy atom. The zero-order valence-corrected chi connectivity index (χ0v) is 12.2. The van der Waals surface area contributed by atoms with Gasteiger partial charge in [-0.25, -0.2) is 9.97 Å². The quantitative estimate of drug-likeness (QED) is 0.932. The molecule has 3 rings (SSSR count). The van der Waals surface area contributed by atoms with Crippen molar-refractivity contribution in [2.45, 2.75) is 18.8 Å². The van der Waals surface area contributed by atoms with E-state index >= 15 is 0 Å². The van der Waals surface area contributed by atoms with Crippen LogP contribution in [0.1, 0.15) is 24.6 Å². The fourth-order valence-electron chi connectivity index (χ4n) is 2.14. The summed E-state index contributed by atoms with van der Waals surface area (Å²) in [6.07, 6.45) is 2.33. The van der Waals surface area contributed by atoms with E-state index in [0.29, 0.717) is 10.9 Å². The number of halogens is 1. The summed E-state index contributed by atoms with van der Waals surface area (Å²) in [5.74, 6) is 2.97. The first kappa shape index (κ1) is 13.2. The first-order valence-corrected chi connectivity index (χ1v) is 6.99. The molecule has 5 heteroatoms. The van der Waals surface area contributed by atoms with Crippen molar-refractivity contribution in [2.75, 3.05) is 19.5 Å². The molecular formula is C15H16ClN3O. The molecule has 1 heterocycles. The molecule has 0 atom stereocenters. The first-order chi connectivity index (χ1) is 9.71. The lowest BCUT2D eigenvalue weighted by atomic mass is 10.1. The summed E-state index contributed by atoms with van der Waals surface area (Å²) in [4.78, 5) is 9.19. The number of anilines is 1. The second-order valence-corrected chi connectivity index (χ2v) is 5.30. The van der Waals surface area contributed by atoms with Gasteiger partial charge in [-0.15, -0.1) is 0 Å². The number of nitrogens with zero attached hydrogens (tertiary/aromatic N) is 2. The highest BCUT2D eigenvalue weighted by Gasteiger charge is 2.27. The largest absolute Gasteiger partial charge is 0.496 e. The van der Waals surface area contributed by atoms with Gasteiger partial charge in [-0.1, -0.05) is 11.6 Å². The third-order valence-corrected chi connectivity index (χ3v) is 3.61. The second-order valence-electron chi connectivity index (χ2n) is 4.87. The fourth-order valence-corrected chi connectivity index (χ4v) is 2.31. The van der Waals surface area contributed by atoms with Gasteiger partial charge in [0.2, 0.25) is 0 Å². The lowest BCUT2D eigenvalue weighted by Gasteiger charge is -2.11. The van der Waals surface area contributed by atoms with Crippen molar-refractivity contribution in [1.29, 1.82) is 0 Å². The molecule has 1 fully saturated rings. The lowest BCUT2D eigenvalue weighted by molar-refractivity contribution is 0.416. The van der Waals surface area contributed by atoms with Crippen LogP contribution in [-0.2, 0) is 0 Å². The van der Waals surface area contributed by atoms with Gasteiger partial charge in [-0.2, -0.15) is 0 Å². The molecule has 20 heavy (non-hydrogen) atoms. The number of methoxy groups -OCH3 is 1. The monoisotopic (exact) mass is 289 g/mol. The summed E-state index contributed by atoms with van der Waals surface area (Å²) < 4.78 is 5.40. The van der Waals surface area contributed by atoms with Crippen LogP contribution in [0, 0.1) is 0 Å². The number of benzene rings is 1. The van der Waals surface area contributed by atoms with Crippen molar-refractivity contribution in [1.82, 2.24) is 9.97 Å². The fraction of sp³-hybridized carbons (Fsp3) is 0.333. The Kier molecular flexibility index (Phi) is 3.49. The second kappa shape index (κ2) is 5.29. The zero-order valence-electron chi connectivity index (χ0n) is 11.5. The van der Waals surface area contributed by atoms with Crippen LogP contribution in [0.25, 0.3) is 11.3 Å². The summed E-state index contributed by atoms with van der Waals surface area (Å²) in [6.45, 7) is 0. The van der Waals surface area contributed by atoms with E-state index in [1.165, 1.54) is 12.8 Å². The highest BCUT2D eigenvalue weighted by atomic mass is 35.5. The molecule has 1 aromatic carbocycles. The van der Waals surface area contributed by atoms with Gasteiger partial charge in [0.15, 0.2) is 0 Å². The Bertz CT molecular complexity index is 641. The normalized spacial score (nSPS) is 14.2. The molecule has 0 radical (unpaired) electrons. The van der Waals surface area contributed by atoms with Gasteiger partial charge in [0.25, 0.3) is 0 Å². The molecule has 2 aromatic rings. The first-order valence-electron chi connectivity index (χ1n) is 6.62. The Balaban J connectivity index is 2.13. The van der Waals surface area contributed by atoms with E-state index in [2.05, 4.69) is 15.3 Å². The van der Waals surface area contributed by atoms with Crippen molar-refractivity contribution in [2.24, 2.45) is 0 Å². The molecule has 4 nitrogen and oxygen atoms in total. The average Bonchev–Trinajstić information content (AvgIpc) is 3.31. The van der Waals surface area contributed by atoms with Crippen molar-refractivity contribution >= 4 is 17.4 Å². The van der Waals surface area contributed by atoms with Gasteiger partial charge < -0.3 is 10.1 Å². The highest BCUT2D eigenvalue weighted by molar-refractivity contribution is 6.30. The van der Waals surface area contributed by atoms with Gasteiger partial charge in [-0.3, -0.25) is 0 Å². The summed E-state index contributed by atoms with van der Waals surface area (Å²) in [6, 6.07) is 7.46. The standard InChI is InChI=1S/C15H16ClN3O/c1-17-14-8-12(18-15(19-14)9-3-4-9)11-7-10(16)5-6-13(11)20-2/h5-9H,3-4H2,1-2H3,(H,17,18,19). The van der Waals surface area contributed by atoms with Crippen LogP contribution in [0.3, 0.4) is 0 Å². The van der Waals surface area contributed by atoms with Crippen LogP contribution >= 0.6 is 11.6 Å². The predicted molar refractivity (Wildman–Crippen MR) is 80.6 cm³/mol. The van der Waals surface area contributed by atoms with E-state index in [1.807, 2.05) is 31.3 Å². The molecule has 0 amide bonds. The van der Waals surface area contributed by atoms with Crippen LogP contribution in [0.5, 0.6) is 5.75 Å². The summed E-state index contributed by atoms with van der Waals surface area (Å²) >= 11 is 6.10. The Hall–Kier alpha value is -1.81. The SMILES string of the molecule is CNc1cc(-c2cc(Cl)ccc2OC)nc(C2CC2)n1. The van der Waals surface area contributed by atoms with Gasteiger partial charge in [0.05, 0.1) is 12.8 Å². The molecule has 0 spiro atoms. The number of hydrogen-bond acceptors (Lipinski definition) is 4. The Morgan fingerprint density at radius 3 is 2.70 bits per heavy atom. The van der Waals surface area contributed by atoms with E-state index in [9.17, 15) is 0 Å². The third-order valence-electron chi connectivity index (χ3n) is 3.38. The van der Waals surface area contributed by atoms with E-state index in [-0.39, 0.29) is 0 Å². The van der Waals surface area contributed by atoms with Gasteiger partial charge in [0.1, 0.15) is 17.4 Å². The van der Waals surface area contributed by atoms with Crippen molar-refractivity contribution in [3.8, 4) is 17.0 Å². The minimum atomic E-state index is 0.493. The van der Waals surface area contributed by atoms with Crippen LogP contribution in [0.15, 0.2) is 24.3 Å². The van der Waals surface area contributed by atoms with Gasteiger partial charge in [0, 0.05) is 29.6 Å². The maximum atomic E-state index is 6.10. The molecule has 0 unspecified atom stereocenters. The molecular weight excluding hydrogens is 274 g/mol. The number of rotatable bonds is 4. The molecule has 0 bridgehead atoms. The van der Waals surface area contributed by atoms with Crippen LogP contribution < -0.4 is 10.1 Å². The summed E-state index contributed by atoms with van der Waals surface area (Å²) in [5, 5.41) is 3.75. The van der Waals surface area contributed by atoms with Crippen LogP contribution in [-0.4, -0.2) is 24.1 Å². The zero-order chi connectivity index (χ0) is 14.1. The maximum Gasteiger partial charge on any atom is 0.134 e. The molecule has 1 aliphatic rings. The molecule has 0 saturated heterocycles. The molecule has 1 N–H and O–H groups in total. The Morgan fingerprint density at radius 2 is 2.05 bits per heavy atom. The van der Waals surface area contributed by atoms with Crippen molar-refractivity contribution < 1.29 is 4.74 Å². The number of aromatic nitrogens is 2. The topological polar surface area (TPSA) is 47.0 Å². The summed E-state index contributed by atoms with van der Waals surface area (Å²) in [7, 11) is 3.51. The number of ether oxygens (including phenoxy) is 1. The molecule has 1 saturated carbocycles. The van der Waals surface area contributed by atoms with E-state index in [4.69, 9.17) is 16.3 Å². The minimum Gasteiger partial charge on any atom is -0.496 e. The van der Waals surface area contributed by atoms with E-state index in [0.717, 1.165) is 28.6 Å². The van der Waals surface area contributed by atoms with Crippen LogP contribution in [0.4, 0.5) is 5.82 Å². The molecule has 0 aliphatic heterocycles. The van der Waals surface area contributed by atoms with E-state index < -0.39 is 0 Å². The van der Waals surface area contributed by atoms with Gasteiger partial charge in [-0.05, 0) is 31.0 Å². The van der Waals surface area contributed by atoms with Crippen molar-refractivity contribution in [3.63, 3.8) is 0 Å². The minimum absolute atomic E-state index is 0.493. The van der Waals surface area contributed by atoms with Crippen molar-refractivity contribution in [3.05, 3.63) is 35.1 Å². The lowest BCUT2D eigenvalue weighted by Crippen LogP contribution is -2.01. The number of nitrogens with one attached hydrogen (secondary N) is 1. The maximum absolute atomic E-state index is 6.10. The number of hydrogen-bond donors (Lipinski definition) is 1. The van der Waals surface area contributed by atoms with Gasteiger partial charge >= 0.3 is 0 Å². The smallest absolute Gasteiger partial charge is 0.134 e. The van der Waals surface area contributed by atoms with Crippen LogP contribution in [0.2, 0.25) is 5.02 Å². The molecule has 1 aliphatic carbocycles. The Labute approximate surface area is 123 Å². The predicted octanol–water partition coefficient (Wildman–Crippen LogP) is 3.72. The average molecular weight is 290 g/mol. The third kappa shape index (κ3) is 2.56.